The molecule has 17 heavy (non-hydrogen) atoms. The lowest BCUT2D eigenvalue weighted by molar-refractivity contribution is 0.288. The van der Waals surface area contributed by atoms with Crippen molar-refractivity contribution in [2.45, 2.75) is 38.6 Å². The molecule has 0 saturated carbocycles. The van der Waals surface area contributed by atoms with Crippen LogP contribution < -0.4 is 10.5 Å². The lowest BCUT2D eigenvalue weighted by Gasteiger charge is -2.16. The molecule has 2 N–H and O–H groups in total. The molecule has 2 heteroatoms. The molecule has 1 aromatic rings. The highest BCUT2D eigenvalue weighted by molar-refractivity contribution is 5.45. The summed E-state index contributed by atoms with van der Waals surface area (Å²) in [4.78, 5) is 0. The van der Waals surface area contributed by atoms with Crippen molar-refractivity contribution in [3.05, 3.63) is 29.3 Å². The second kappa shape index (κ2) is 5.75. The third kappa shape index (κ3) is 3.25. The van der Waals surface area contributed by atoms with Crippen LogP contribution >= 0.6 is 0 Å². The molecule has 0 bridgehead atoms. The maximum absolute atomic E-state index is 5.87. The van der Waals surface area contributed by atoms with E-state index < -0.39 is 0 Å². The second-order valence-electron chi connectivity index (χ2n) is 4.44. The molecule has 0 saturated heterocycles. The van der Waals surface area contributed by atoms with Crippen LogP contribution in [0.4, 0.5) is 0 Å². The average Bonchev–Trinajstić information content (AvgIpc) is 2.36. The first-order chi connectivity index (χ1) is 8.29. The van der Waals surface area contributed by atoms with E-state index in [2.05, 4.69) is 24.8 Å². The third-order valence-electron chi connectivity index (χ3n) is 2.91. The van der Waals surface area contributed by atoms with E-state index in [0.717, 1.165) is 43.6 Å². The monoisotopic (exact) mass is 229 g/mol. The van der Waals surface area contributed by atoms with Gasteiger partial charge in [-0.2, -0.15) is 0 Å². The van der Waals surface area contributed by atoms with Gasteiger partial charge in [-0.3, -0.25) is 0 Å². The first kappa shape index (κ1) is 12.0. The van der Waals surface area contributed by atoms with Crippen LogP contribution in [0.5, 0.6) is 5.75 Å². The van der Waals surface area contributed by atoms with E-state index in [9.17, 15) is 0 Å². The summed E-state index contributed by atoms with van der Waals surface area (Å²) in [6.45, 7) is 2.96. The van der Waals surface area contributed by atoms with Crippen LogP contribution in [0.3, 0.4) is 0 Å². The maximum Gasteiger partial charge on any atom is 0.122 e. The van der Waals surface area contributed by atoms with Crippen LogP contribution in [0.15, 0.2) is 18.2 Å². The van der Waals surface area contributed by atoms with Crippen LogP contribution in [0.2, 0.25) is 0 Å². The molecule has 0 amide bonds. The molecular formula is C15H19NO. The molecule has 1 aromatic carbocycles. The molecule has 0 spiro atoms. The van der Waals surface area contributed by atoms with Gasteiger partial charge < -0.3 is 10.5 Å². The molecule has 90 valence electrons. The highest BCUT2D eigenvalue weighted by Gasteiger charge is 2.09. The van der Waals surface area contributed by atoms with Crippen molar-refractivity contribution < 1.29 is 4.74 Å². The van der Waals surface area contributed by atoms with Crippen LogP contribution in [-0.2, 0) is 6.42 Å². The van der Waals surface area contributed by atoms with Crippen LogP contribution in [0, 0.1) is 11.8 Å². The van der Waals surface area contributed by atoms with Crippen molar-refractivity contribution in [3.63, 3.8) is 0 Å². The summed E-state index contributed by atoms with van der Waals surface area (Å²) in [5, 5.41) is 0. The number of benzene rings is 1. The number of rotatable bonds is 2. The van der Waals surface area contributed by atoms with Gasteiger partial charge in [-0.25, -0.2) is 0 Å². The molecule has 0 fully saturated rings. The smallest absolute Gasteiger partial charge is 0.122 e. The van der Waals surface area contributed by atoms with Gasteiger partial charge in [-0.15, -0.1) is 0 Å². The lowest BCUT2D eigenvalue weighted by atomic mass is 10.0. The van der Waals surface area contributed by atoms with Crippen molar-refractivity contribution in [2.24, 2.45) is 5.73 Å². The summed E-state index contributed by atoms with van der Waals surface area (Å²) in [6.07, 6.45) is 4.22. The second-order valence-corrected chi connectivity index (χ2v) is 4.44. The fourth-order valence-corrected chi connectivity index (χ4v) is 2.00. The quantitative estimate of drug-likeness (QED) is 0.791. The zero-order chi connectivity index (χ0) is 12.1. The highest BCUT2D eigenvalue weighted by atomic mass is 16.5. The first-order valence-corrected chi connectivity index (χ1v) is 6.32. The Morgan fingerprint density at radius 2 is 2.35 bits per heavy atom. The fourth-order valence-electron chi connectivity index (χ4n) is 2.00. The minimum atomic E-state index is -0.00715. The Bertz CT molecular complexity index is 442. The van der Waals surface area contributed by atoms with E-state index in [1.165, 1.54) is 5.56 Å². The Hall–Kier alpha value is -1.46. The molecule has 0 aliphatic carbocycles. The molecule has 1 atom stereocenters. The Morgan fingerprint density at radius 3 is 3.18 bits per heavy atom. The number of aryl methyl sites for hydroxylation is 1. The molecule has 2 rings (SSSR count). The van der Waals surface area contributed by atoms with E-state index >= 15 is 0 Å². The number of hydrogen-bond donors (Lipinski definition) is 1. The lowest BCUT2D eigenvalue weighted by Crippen LogP contribution is -2.16. The van der Waals surface area contributed by atoms with Crippen molar-refractivity contribution in [3.8, 4) is 17.6 Å². The first-order valence-electron chi connectivity index (χ1n) is 6.32. The third-order valence-corrected chi connectivity index (χ3v) is 2.91. The van der Waals surface area contributed by atoms with Gasteiger partial charge >= 0.3 is 0 Å². The number of hydrogen-bond acceptors (Lipinski definition) is 2. The van der Waals surface area contributed by atoms with Gasteiger partial charge in [-0.05, 0) is 43.0 Å². The van der Waals surface area contributed by atoms with Gasteiger partial charge in [-0.1, -0.05) is 25.2 Å². The van der Waals surface area contributed by atoms with E-state index in [0.29, 0.717) is 0 Å². The van der Waals surface area contributed by atoms with Gasteiger partial charge in [0.1, 0.15) is 5.75 Å². The fraction of sp³-hybridized carbons (Fsp3) is 0.467. The van der Waals surface area contributed by atoms with Crippen molar-refractivity contribution >= 4 is 0 Å². The summed E-state index contributed by atoms with van der Waals surface area (Å²) < 4.78 is 5.57. The molecular weight excluding hydrogens is 210 g/mol. The van der Waals surface area contributed by atoms with Gasteiger partial charge in [0, 0.05) is 5.56 Å². The number of nitrogens with two attached hydrogens (primary N) is 1. The standard InChI is InChI=1S/C15H19NO/c1-2-4-14(16)8-6-12-7-9-15-13(11-12)5-3-10-17-15/h7,9,11,14H,2-5,10,16H2,1H3. The predicted molar refractivity (Wildman–Crippen MR) is 70.0 cm³/mol. The van der Waals surface area contributed by atoms with Crippen LogP contribution in [0.1, 0.15) is 37.3 Å². The Morgan fingerprint density at radius 1 is 1.47 bits per heavy atom. The molecule has 2 nitrogen and oxygen atoms in total. The predicted octanol–water partition coefficient (Wildman–Crippen LogP) is 2.49. The highest BCUT2D eigenvalue weighted by Crippen LogP contribution is 2.25. The molecule has 1 unspecified atom stereocenters. The SMILES string of the molecule is CCCC(N)C#Cc1ccc2c(c1)CCCO2. The van der Waals surface area contributed by atoms with Crippen LogP contribution in [0.25, 0.3) is 0 Å². The normalized spacial score (nSPS) is 15.2. The molecule has 1 heterocycles. The minimum Gasteiger partial charge on any atom is -0.493 e. The molecule has 0 radical (unpaired) electrons. The van der Waals surface area contributed by atoms with E-state index in [1.807, 2.05) is 12.1 Å². The summed E-state index contributed by atoms with van der Waals surface area (Å²) in [7, 11) is 0. The van der Waals surface area contributed by atoms with E-state index in [4.69, 9.17) is 10.5 Å². The summed E-state index contributed by atoms with van der Waals surface area (Å²) in [5.41, 5.74) is 8.18. The summed E-state index contributed by atoms with van der Waals surface area (Å²) in [5.74, 6) is 7.26. The Kier molecular flexibility index (Phi) is 4.06. The van der Waals surface area contributed by atoms with Crippen molar-refractivity contribution in [1.29, 1.82) is 0 Å². The van der Waals surface area contributed by atoms with Gasteiger partial charge in [0.25, 0.3) is 0 Å². The summed E-state index contributed by atoms with van der Waals surface area (Å²) in [6, 6.07) is 6.15. The zero-order valence-corrected chi connectivity index (χ0v) is 10.3. The zero-order valence-electron chi connectivity index (χ0n) is 10.3. The number of fused-ring (bicyclic) bond motifs is 1. The average molecular weight is 229 g/mol. The minimum absolute atomic E-state index is 0.00715. The van der Waals surface area contributed by atoms with Gasteiger partial charge in [0.15, 0.2) is 0 Å². The van der Waals surface area contributed by atoms with Gasteiger partial charge in [0.05, 0.1) is 12.6 Å². The molecule has 0 aromatic heterocycles. The van der Waals surface area contributed by atoms with E-state index in [1.54, 1.807) is 0 Å². The summed E-state index contributed by atoms with van der Waals surface area (Å²) >= 11 is 0. The van der Waals surface area contributed by atoms with Crippen LogP contribution in [-0.4, -0.2) is 12.6 Å². The van der Waals surface area contributed by atoms with E-state index in [-0.39, 0.29) is 6.04 Å². The van der Waals surface area contributed by atoms with Crippen molar-refractivity contribution in [1.82, 2.24) is 0 Å². The largest absolute Gasteiger partial charge is 0.493 e. The Labute approximate surface area is 103 Å². The Balaban J connectivity index is 2.11. The maximum atomic E-state index is 5.87. The molecule has 1 aliphatic heterocycles. The van der Waals surface area contributed by atoms with Crippen molar-refractivity contribution in [2.75, 3.05) is 6.61 Å². The number of ether oxygens (including phenoxy) is 1. The van der Waals surface area contributed by atoms with Gasteiger partial charge in [0.2, 0.25) is 0 Å². The molecule has 1 aliphatic rings. The topological polar surface area (TPSA) is 35.2 Å².